The normalized spacial score (nSPS) is 13.8. The van der Waals surface area contributed by atoms with Gasteiger partial charge in [0.15, 0.2) is 0 Å². The maximum Gasteiger partial charge on any atom is 0.259 e. The van der Waals surface area contributed by atoms with Gasteiger partial charge in [0.25, 0.3) is 11.8 Å². The lowest BCUT2D eigenvalue weighted by Gasteiger charge is -2.03. The maximum atomic E-state index is 13.0. The molecule has 3 heterocycles. The van der Waals surface area contributed by atoms with E-state index >= 15 is 0 Å². The molecule has 5 rings (SSSR count). The van der Waals surface area contributed by atoms with Crippen LogP contribution < -0.4 is 5.32 Å². The number of para-hydroxylation sites is 2. The number of aromatic nitrogens is 2. The summed E-state index contributed by atoms with van der Waals surface area (Å²) in [4.78, 5) is 28.8. The molecule has 0 saturated heterocycles. The van der Waals surface area contributed by atoms with Gasteiger partial charge in [0, 0.05) is 70.4 Å². The van der Waals surface area contributed by atoms with Crippen molar-refractivity contribution in [2.45, 2.75) is 13.0 Å². The quantitative estimate of drug-likeness (QED) is 0.163. The summed E-state index contributed by atoms with van der Waals surface area (Å²) in [5.74, 6) is -0.781. The Labute approximate surface area is 183 Å². The summed E-state index contributed by atoms with van der Waals surface area (Å²) < 4.78 is 4.01. The number of amides is 2. The Morgan fingerprint density at radius 3 is 2.19 bits per heavy atom. The molecule has 1 aliphatic rings. The number of carbonyl (C=O) groups excluding carboxylic acids is 2. The number of fused-ring (bicyclic) bond motifs is 2. The number of nitrogens with zero attached hydrogens (tertiary/aromatic N) is 5. The van der Waals surface area contributed by atoms with E-state index in [4.69, 9.17) is 5.53 Å². The third-order valence-corrected chi connectivity index (χ3v) is 5.88. The van der Waals surface area contributed by atoms with Crippen LogP contribution in [0.5, 0.6) is 0 Å². The third-order valence-electron chi connectivity index (χ3n) is 5.88. The van der Waals surface area contributed by atoms with Crippen LogP contribution in [0.15, 0.2) is 66.0 Å². The summed E-state index contributed by atoms with van der Waals surface area (Å²) >= 11 is 0. The molecule has 8 heteroatoms. The van der Waals surface area contributed by atoms with E-state index in [1.54, 1.807) is 0 Å². The topological polar surface area (TPSA) is 105 Å². The Balaban J connectivity index is 1.73. The number of rotatable bonds is 6. The summed E-state index contributed by atoms with van der Waals surface area (Å²) in [7, 11) is 1.93. The number of carbonyl (C=O) groups is 2. The van der Waals surface area contributed by atoms with Crippen LogP contribution in [0.3, 0.4) is 0 Å². The van der Waals surface area contributed by atoms with Crippen LogP contribution in [-0.2, 0) is 23.2 Å². The van der Waals surface area contributed by atoms with Gasteiger partial charge in [0.05, 0.1) is 11.1 Å². The standard InChI is InChI=1S/C24H20N6O2/c1-29-13-17(15-7-2-4-9-19(15)29)21-22(24(32)27-23(21)31)18-14-30(12-6-11-26-28-25)20-10-5-3-8-16(18)20/h2-5,7-10,13-14H,6,11-12H2,1H3,(H,27,31,32). The third kappa shape index (κ3) is 3.05. The molecule has 0 spiro atoms. The molecule has 0 bridgehead atoms. The van der Waals surface area contributed by atoms with Crippen molar-refractivity contribution in [1.29, 1.82) is 0 Å². The minimum Gasteiger partial charge on any atom is -0.350 e. The van der Waals surface area contributed by atoms with Gasteiger partial charge in [0.1, 0.15) is 0 Å². The van der Waals surface area contributed by atoms with Crippen LogP contribution in [-0.4, -0.2) is 27.5 Å². The Morgan fingerprint density at radius 2 is 1.50 bits per heavy atom. The van der Waals surface area contributed by atoms with E-state index in [0.29, 0.717) is 30.7 Å². The number of nitrogens with one attached hydrogen (secondary N) is 1. The smallest absolute Gasteiger partial charge is 0.259 e. The number of azide groups is 1. The van der Waals surface area contributed by atoms with Crippen molar-refractivity contribution < 1.29 is 9.59 Å². The second kappa shape index (κ2) is 7.76. The average Bonchev–Trinajstić information content (AvgIpc) is 3.42. The van der Waals surface area contributed by atoms with Crippen molar-refractivity contribution in [3.63, 3.8) is 0 Å². The fourth-order valence-corrected chi connectivity index (χ4v) is 4.50. The van der Waals surface area contributed by atoms with Gasteiger partial charge < -0.3 is 9.13 Å². The molecule has 0 atom stereocenters. The Morgan fingerprint density at radius 1 is 0.906 bits per heavy atom. The molecule has 0 fully saturated rings. The first-order valence-electron chi connectivity index (χ1n) is 10.3. The molecular formula is C24H20N6O2. The SMILES string of the molecule is Cn1cc(C2=C(c3cn(CCCN=[N+]=[N-])c4ccccc34)C(=O)NC2=O)c2ccccc21. The molecule has 2 amide bonds. The van der Waals surface area contributed by atoms with E-state index in [1.165, 1.54) is 0 Å². The molecule has 0 saturated carbocycles. The number of benzene rings is 2. The van der Waals surface area contributed by atoms with Crippen LogP contribution in [0.1, 0.15) is 17.5 Å². The Kier molecular flexibility index (Phi) is 4.77. The number of hydrogen-bond donors (Lipinski definition) is 1. The van der Waals surface area contributed by atoms with Crippen molar-refractivity contribution in [2.24, 2.45) is 12.2 Å². The van der Waals surface area contributed by atoms with Gasteiger partial charge in [-0.15, -0.1) is 0 Å². The lowest BCUT2D eigenvalue weighted by molar-refractivity contribution is -0.122. The molecule has 0 radical (unpaired) electrons. The molecule has 2 aromatic carbocycles. The van der Waals surface area contributed by atoms with Crippen molar-refractivity contribution >= 4 is 44.8 Å². The fraction of sp³-hybridized carbons (Fsp3) is 0.167. The largest absolute Gasteiger partial charge is 0.350 e. The van der Waals surface area contributed by atoms with Gasteiger partial charge in [-0.1, -0.05) is 41.5 Å². The van der Waals surface area contributed by atoms with Crippen molar-refractivity contribution in [3.8, 4) is 0 Å². The molecule has 0 unspecified atom stereocenters. The second-order valence-corrected chi connectivity index (χ2v) is 7.77. The summed E-state index contributed by atoms with van der Waals surface area (Å²) in [6.07, 6.45) is 4.49. The van der Waals surface area contributed by atoms with E-state index < -0.39 is 5.91 Å². The van der Waals surface area contributed by atoms with Crippen LogP contribution in [0.4, 0.5) is 0 Å². The van der Waals surface area contributed by atoms with Gasteiger partial charge in [0.2, 0.25) is 0 Å². The molecule has 1 aliphatic heterocycles. The molecule has 32 heavy (non-hydrogen) atoms. The summed E-state index contributed by atoms with van der Waals surface area (Å²) in [5.41, 5.74) is 12.7. The zero-order chi connectivity index (χ0) is 22.2. The predicted octanol–water partition coefficient (Wildman–Crippen LogP) is 4.40. The monoisotopic (exact) mass is 424 g/mol. The van der Waals surface area contributed by atoms with Gasteiger partial charge in [-0.25, -0.2) is 0 Å². The van der Waals surface area contributed by atoms with Crippen molar-refractivity contribution in [1.82, 2.24) is 14.5 Å². The summed E-state index contributed by atoms with van der Waals surface area (Å²) in [6, 6.07) is 15.6. The van der Waals surface area contributed by atoms with Crippen molar-refractivity contribution in [2.75, 3.05) is 6.54 Å². The van der Waals surface area contributed by atoms with E-state index in [-0.39, 0.29) is 5.91 Å². The van der Waals surface area contributed by atoms with Crippen LogP contribution in [0.2, 0.25) is 0 Å². The number of aryl methyl sites for hydroxylation is 2. The first-order chi connectivity index (χ1) is 15.6. The molecule has 1 N–H and O–H groups in total. The minimum atomic E-state index is -0.394. The summed E-state index contributed by atoms with van der Waals surface area (Å²) in [5, 5.41) is 7.92. The molecule has 0 aliphatic carbocycles. The highest BCUT2D eigenvalue weighted by molar-refractivity contribution is 6.50. The molecule has 8 nitrogen and oxygen atoms in total. The van der Waals surface area contributed by atoms with Crippen LogP contribution >= 0.6 is 0 Å². The number of hydrogen-bond acceptors (Lipinski definition) is 3. The Bertz CT molecular complexity index is 1480. The second-order valence-electron chi connectivity index (χ2n) is 7.77. The van der Waals surface area contributed by atoms with E-state index in [0.717, 1.165) is 32.9 Å². The molecule has 2 aromatic heterocycles. The zero-order valence-electron chi connectivity index (χ0n) is 17.4. The lowest BCUT2D eigenvalue weighted by Crippen LogP contribution is -2.22. The first kappa shape index (κ1) is 19.7. The maximum absolute atomic E-state index is 13.0. The highest BCUT2D eigenvalue weighted by atomic mass is 16.2. The van der Waals surface area contributed by atoms with Crippen LogP contribution in [0, 0.1) is 0 Å². The van der Waals surface area contributed by atoms with Gasteiger partial charge in [-0.05, 0) is 24.1 Å². The minimum absolute atomic E-state index is 0.386. The van der Waals surface area contributed by atoms with E-state index in [1.807, 2.05) is 77.1 Å². The fourth-order valence-electron chi connectivity index (χ4n) is 4.50. The first-order valence-corrected chi connectivity index (χ1v) is 10.3. The lowest BCUT2D eigenvalue weighted by atomic mass is 9.95. The highest BCUT2D eigenvalue weighted by Gasteiger charge is 2.35. The van der Waals surface area contributed by atoms with Crippen LogP contribution in [0.25, 0.3) is 43.4 Å². The van der Waals surface area contributed by atoms with Crippen molar-refractivity contribution in [3.05, 3.63) is 82.5 Å². The van der Waals surface area contributed by atoms with E-state index in [9.17, 15) is 9.59 Å². The van der Waals surface area contributed by atoms with Gasteiger partial charge >= 0.3 is 0 Å². The van der Waals surface area contributed by atoms with E-state index in [2.05, 4.69) is 15.3 Å². The van der Waals surface area contributed by atoms with Gasteiger partial charge in [-0.2, -0.15) is 0 Å². The van der Waals surface area contributed by atoms with Gasteiger partial charge in [-0.3, -0.25) is 14.9 Å². The zero-order valence-corrected chi connectivity index (χ0v) is 17.4. The highest BCUT2D eigenvalue weighted by Crippen LogP contribution is 2.38. The average molecular weight is 424 g/mol. The summed E-state index contributed by atoms with van der Waals surface area (Å²) in [6.45, 7) is 1.02. The molecular weight excluding hydrogens is 404 g/mol. The Hall–Kier alpha value is -4.29. The molecule has 4 aromatic rings. The molecule has 158 valence electrons. The number of imide groups is 1. The predicted molar refractivity (Wildman–Crippen MR) is 123 cm³/mol.